The van der Waals surface area contributed by atoms with E-state index >= 15 is 0 Å². The first-order chi connectivity index (χ1) is 13.1. The molecule has 0 aliphatic carbocycles. The lowest BCUT2D eigenvalue weighted by molar-refractivity contribution is -0.137. The third kappa shape index (κ3) is 4.53. The average Bonchev–Trinajstić information content (AvgIpc) is 2.96. The summed E-state index contributed by atoms with van der Waals surface area (Å²) in [7, 11) is 0. The quantitative estimate of drug-likeness (QED) is 0.729. The molecule has 3 rings (SSSR count). The Morgan fingerprint density at radius 2 is 1.93 bits per heavy atom. The van der Waals surface area contributed by atoms with Crippen LogP contribution in [-0.4, -0.2) is 24.5 Å². The topological polar surface area (TPSA) is 61.4 Å². The predicted octanol–water partition coefficient (Wildman–Crippen LogP) is 4.42. The van der Waals surface area contributed by atoms with Crippen molar-refractivity contribution in [2.75, 3.05) is 16.8 Å². The highest BCUT2D eigenvalue weighted by Crippen LogP contribution is 2.33. The van der Waals surface area contributed by atoms with E-state index in [2.05, 4.69) is 10.6 Å². The van der Waals surface area contributed by atoms with Gasteiger partial charge in [0.2, 0.25) is 5.91 Å². The van der Waals surface area contributed by atoms with Crippen LogP contribution in [0.2, 0.25) is 5.02 Å². The molecule has 2 aromatic carbocycles. The zero-order chi connectivity index (χ0) is 20.5. The Labute approximate surface area is 162 Å². The third-order valence-corrected chi connectivity index (χ3v) is 4.45. The van der Waals surface area contributed by atoms with Crippen molar-refractivity contribution in [3.63, 3.8) is 0 Å². The highest BCUT2D eigenvalue weighted by molar-refractivity contribution is 6.33. The highest BCUT2D eigenvalue weighted by atomic mass is 35.5. The number of hydrogen-bond acceptors (Lipinski definition) is 2. The lowest BCUT2D eigenvalue weighted by atomic mass is 10.2. The highest BCUT2D eigenvalue weighted by Gasteiger charge is 2.33. The van der Waals surface area contributed by atoms with Gasteiger partial charge in [0.15, 0.2) is 0 Å². The second kappa shape index (κ2) is 7.67. The second-order valence-electron chi connectivity index (χ2n) is 6.18. The number of amides is 3. The first kappa shape index (κ1) is 19.9. The molecule has 1 fully saturated rings. The van der Waals surface area contributed by atoms with Crippen molar-refractivity contribution in [3.05, 3.63) is 58.9 Å². The van der Waals surface area contributed by atoms with E-state index in [-0.39, 0.29) is 29.6 Å². The lowest BCUT2D eigenvalue weighted by Gasteiger charge is -2.18. The number of rotatable bonds is 3. The molecule has 0 bridgehead atoms. The summed E-state index contributed by atoms with van der Waals surface area (Å²) in [6.45, 7) is 0.103. The van der Waals surface area contributed by atoms with Crippen LogP contribution < -0.4 is 15.5 Å². The van der Waals surface area contributed by atoms with Gasteiger partial charge >= 0.3 is 12.2 Å². The lowest BCUT2D eigenvalue weighted by Crippen LogP contribution is -2.39. The number of alkyl halides is 3. The van der Waals surface area contributed by atoms with Crippen LogP contribution in [0.4, 0.5) is 33.7 Å². The van der Waals surface area contributed by atoms with Crippen molar-refractivity contribution in [2.24, 2.45) is 0 Å². The van der Waals surface area contributed by atoms with Crippen LogP contribution in [0.25, 0.3) is 0 Å². The number of nitrogens with one attached hydrogen (secondary N) is 2. The van der Waals surface area contributed by atoms with Gasteiger partial charge in [-0.2, -0.15) is 13.2 Å². The number of benzene rings is 2. The van der Waals surface area contributed by atoms with E-state index in [1.54, 1.807) is 6.07 Å². The van der Waals surface area contributed by atoms with E-state index < -0.39 is 29.6 Å². The van der Waals surface area contributed by atoms with Crippen LogP contribution in [0.15, 0.2) is 42.5 Å². The summed E-state index contributed by atoms with van der Waals surface area (Å²) in [5, 5.41) is 4.70. The minimum absolute atomic E-state index is 0.0275. The summed E-state index contributed by atoms with van der Waals surface area (Å²) in [6, 6.07) is 6.62. The molecule has 28 heavy (non-hydrogen) atoms. The van der Waals surface area contributed by atoms with Crippen LogP contribution in [0.5, 0.6) is 0 Å². The largest absolute Gasteiger partial charge is 0.416 e. The van der Waals surface area contributed by atoms with Gasteiger partial charge in [0, 0.05) is 18.7 Å². The SMILES string of the molecule is O=C(Nc1cc(C(F)(F)F)ccc1Cl)NC1CC(=O)N(c2cccc(F)c2)C1. The van der Waals surface area contributed by atoms with E-state index in [0.29, 0.717) is 5.69 Å². The number of nitrogens with zero attached hydrogens (tertiary/aromatic N) is 1. The Bertz CT molecular complexity index is 920. The van der Waals surface area contributed by atoms with Gasteiger partial charge in [-0.05, 0) is 36.4 Å². The van der Waals surface area contributed by atoms with Crippen molar-refractivity contribution in [3.8, 4) is 0 Å². The molecule has 5 nitrogen and oxygen atoms in total. The van der Waals surface area contributed by atoms with Crippen molar-refractivity contribution in [1.29, 1.82) is 0 Å². The Morgan fingerprint density at radius 1 is 1.18 bits per heavy atom. The monoisotopic (exact) mass is 415 g/mol. The summed E-state index contributed by atoms with van der Waals surface area (Å²) in [5.74, 6) is -0.813. The van der Waals surface area contributed by atoms with Gasteiger partial charge < -0.3 is 15.5 Å². The molecule has 1 aliphatic rings. The van der Waals surface area contributed by atoms with Crippen molar-refractivity contribution < 1.29 is 27.2 Å². The van der Waals surface area contributed by atoms with Crippen LogP contribution in [0.3, 0.4) is 0 Å². The molecule has 1 saturated heterocycles. The molecule has 0 aromatic heterocycles. The van der Waals surface area contributed by atoms with Gasteiger partial charge in [0.1, 0.15) is 5.82 Å². The van der Waals surface area contributed by atoms with Gasteiger partial charge in [-0.25, -0.2) is 9.18 Å². The Balaban J connectivity index is 1.65. The number of hydrogen-bond donors (Lipinski definition) is 2. The van der Waals surface area contributed by atoms with Crippen LogP contribution in [0.1, 0.15) is 12.0 Å². The second-order valence-corrected chi connectivity index (χ2v) is 6.58. The van der Waals surface area contributed by atoms with E-state index in [9.17, 15) is 27.2 Å². The van der Waals surface area contributed by atoms with Crippen molar-refractivity contribution >= 4 is 34.9 Å². The van der Waals surface area contributed by atoms with Crippen molar-refractivity contribution in [1.82, 2.24) is 5.32 Å². The summed E-state index contributed by atoms with van der Waals surface area (Å²) in [5.41, 5.74) is -0.809. The number of urea groups is 1. The summed E-state index contributed by atoms with van der Waals surface area (Å²) in [4.78, 5) is 25.6. The molecule has 0 saturated carbocycles. The molecule has 0 radical (unpaired) electrons. The number of carbonyl (C=O) groups is 2. The maximum absolute atomic E-state index is 13.3. The van der Waals surface area contributed by atoms with Crippen LogP contribution >= 0.6 is 11.6 Å². The third-order valence-electron chi connectivity index (χ3n) is 4.12. The fourth-order valence-corrected chi connectivity index (χ4v) is 3.00. The zero-order valence-electron chi connectivity index (χ0n) is 14.2. The van der Waals surface area contributed by atoms with Gasteiger partial charge in [0.25, 0.3) is 0 Å². The number of carbonyl (C=O) groups excluding carboxylic acids is 2. The standard InChI is InChI=1S/C18H14ClF4N3O2/c19-14-5-4-10(18(21,22)23)6-15(14)25-17(28)24-12-8-16(27)26(9-12)13-3-1-2-11(20)7-13/h1-7,12H,8-9H2,(H2,24,25,28). The minimum Gasteiger partial charge on any atom is -0.333 e. The molecule has 3 amide bonds. The van der Waals surface area contributed by atoms with E-state index in [1.807, 2.05) is 0 Å². The van der Waals surface area contributed by atoms with Crippen molar-refractivity contribution in [2.45, 2.75) is 18.6 Å². The molecule has 0 spiro atoms. The Morgan fingerprint density at radius 3 is 2.61 bits per heavy atom. The molecule has 1 heterocycles. The summed E-state index contributed by atoms with van der Waals surface area (Å²) in [6.07, 6.45) is -4.61. The summed E-state index contributed by atoms with van der Waals surface area (Å²) < 4.78 is 51.7. The molecule has 10 heteroatoms. The van der Waals surface area contributed by atoms with E-state index in [4.69, 9.17) is 11.6 Å². The van der Waals surface area contributed by atoms with Gasteiger partial charge in [-0.15, -0.1) is 0 Å². The molecular weight excluding hydrogens is 402 g/mol. The molecule has 1 aliphatic heterocycles. The van der Waals surface area contributed by atoms with Crippen LogP contribution in [0, 0.1) is 5.82 Å². The molecule has 148 valence electrons. The molecular formula is C18H14ClF4N3O2. The van der Waals surface area contributed by atoms with Crippen LogP contribution in [-0.2, 0) is 11.0 Å². The Kier molecular flexibility index (Phi) is 5.46. The maximum Gasteiger partial charge on any atom is 0.416 e. The van der Waals surface area contributed by atoms with Gasteiger partial charge in [-0.1, -0.05) is 17.7 Å². The maximum atomic E-state index is 13.3. The first-order valence-corrected chi connectivity index (χ1v) is 8.51. The number of anilines is 2. The molecule has 2 N–H and O–H groups in total. The average molecular weight is 416 g/mol. The van der Waals surface area contributed by atoms with Gasteiger partial charge in [0.05, 0.1) is 22.3 Å². The first-order valence-electron chi connectivity index (χ1n) is 8.13. The normalized spacial score (nSPS) is 17.0. The fraction of sp³-hybridized carbons (Fsp3) is 0.222. The Hall–Kier alpha value is -2.81. The predicted molar refractivity (Wildman–Crippen MR) is 95.8 cm³/mol. The minimum atomic E-state index is -4.58. The fourth-order valence-electron chi connectivity index (χ4n) is 2.84. The number of halogens is 5. The molecule has 1 atom stereocenters. The van der Waals surface area contributed by atoms with E-state index in [0.717, 1.165) is 18.2 Å². The smallest absolute Gasteiger partial charge is 0.333 e. The zero-order valence-corrected chi connectivity index (χ0v) is 14.9. The van der Waals surface area contributed by atoms with E-state index in [1.165, 1.54) is 23.1 Å². The van der Waals surface area contributed by atoms with Gasteiger partial charge in [-0.3, -0.25) is 4.79 Å². The summed E-state index contributed by atoms with van der Waals surface area (Å²) >= 11 is 5.84. The molecule has 1 unspecified atom stereocenters. The molecule has 2 aromatic rings.